The van der Waals surface area contributed by atoms with Gasteiger partial charge in [0.1, 0.15) is 17.5 Å². The highest BCUT2D eigenvalue weighted by molar-refractivity contribution is 5.82. The van der Waals surface area contributed by atoms with Gasteiger partial charge in [0, 0.05) is 24.0 Å². The molecule has 10 heteroatoms. The van der Waals surface area contributed by atoms with Crippen molar-refractivity contribution >= 4 is 22.5 Å². The van der Waals surface area contributed by atoms with Crippen LogP contribution < -0.4 is 10.9 Å². The number of rotatable bonds is 3. The van der Waals surface area contributed by atoms with E-state index >= 15 is 0 Å². The number of nitrogens with zero attached hydrogens (tertiary/aromatic N) is 4. The normalized spacial score (nSPS) is 11.8. The molecule has 0 aliphatic carbocycles. The summed E-state index contributed by atoms with van der Waals surface area (Å²) in [4.78, 5) is 24.9. The number of alkyl halides is 3. The Labute approximate surface area is 162 Å². The number of H-pyrrole nitrogens is 1. The number of aromatic nitrogens is 5. The Morgan fingerprint density at radius 2 is 1.86 bits per heavy atom. The average molecular weight is 400 g/mol. The van der Waals surface area contributed by atoms with Gasteiger partial charge in [-0.15, -0.1) is 0 Å². The standard InChI is InChI=1S/C19H15F3N6O/c1-10-6-17(25-11(2)24-10)26-16-8-15-14(9-23-16)18(29)27-28(15)13-5-3-4-12(7-13)19(20,21)22/h3-9H,1-2H3,(H,27,29)(H,23,24,25,26). The summed E-state index contributed by atoms with van der Waals surface area (Å²) in [7, 11) is 0. The molecule has 0 saturated carbocycles. The number of pyridine rings is 1. The van der Waals surface area contributed by atoms with Crippen LogP contribution in [-0.2, 0) is 6.18 Å². The quantitative estimate of drug-likeness (QED) is 0.545. The molecule has 0 amide bonds. The third-order valence-electron chi connectivity index (χ3n) is 4.23. The number of aromatic amines is 1. The van der Waals surface area contributed by atoms with Crippen molar-refractivity contribution in [2.24, 2.45) is 0 Å². The summed E-state index contributed by atoms with van der Waals surface area (Å²) in [6.07, 6.45) is -3.13. The van der Waals surface area contributed by atoms with Gasteiger partial charge < -0.3 is 5.32 Å². The number of hydrogen-bond donors (Lipinski definition) is 2. The maximum atomic E-state index is 13.1. The zero-order valence-corrected chi connectivity index (χ0v) is 15.4. The first kappa shape index (κ1) is 18.7. The van der Waals surface area contributed by atoms with Gasteiger partial charge in [0.05, 0.1) is 22.2 Å². The molecule has 148 valence electrons. The summed E-state index contributed by atoms with van der Waals surface area (Å²) in [5.74, 6) is 1.48. The van der Waals surface area contributed by atoms with E-state index in [1.165, 1.54) is 23.0 Å². The topological polar surface area (TPSA) is 88.5 Å². The third kappa shape index (κ3) is 3.68. The van der Waals surface area contributed by atoms with Gasteiger partial charge in [-0.1, -0.05) is 6.07 Å². The highest BCUT2D eigenvalue weighted by atomic mass is 19.4. The monoisotopic (exact) mass is 400 g/mol. The molecular weight excluding hydrogens is 385 g/mol. The van der Waals surface area contributed by atoms with E-state index in [0.29, 0.717) is 23.0 Å². The van der Waals surface area contributed by atoms with Crippen LogP contribution in [0.15, 0.2) is 47.4 Å². The van der Waals surface area contributed by atoms with Crippen LogP contribution in [-0.4, -0.2) is 24.7 Å². The summed E-state index contributed by atoms with van der Waals surface area (Å²) in [5, 5.41) is 5.84. The fraction of sp³-hybridized carbons (Fsp3) is 0.158. The summed E-state index contributed by atoms with van der Waals surface area (Å²) in [6, 6.07) is 8.02. The van der Waals surface area contributed by atoms with Gasteiger partial charge >= 0.3 is 6.18 Å². The van der Waals surface area contributed by atoms with Crippen molar-refractivity contribution in [3.05, 3.63) is 70.0 Å². The predicted octanol–water partition coefficient (Wildman–Crippen LogP) is 3.88. The number of nitrogens with one attached hydrogen (secondary N) is 2. The lowest BCUT2D eigenvalue weighted by molar-refractivity contribution is -0.137. The molecule has 0 aliphatic rings. The first-order chi connectivity index (χ1) is 13.7. The first-order valence-electron chi connectivity index (χ1n) is 8.58. The molecule has 4 aromatic rings. The number of halogens is 3. The summed E-state index contributed by atoms with van der Waals surface area (Å²) in [6.45, 7) is 3.58. The van der Waals surface area contributed by atoms with Gasteiger partial charge in [0.15, 0.2) is 0 Å². The van der Waals surface area contributed by atoms with Crippen LogP contribution in [0, 0.1) is 13.8 Å². The fourth-order valence-corrected chi connectivity index (χ4v) is 3.03. The summed E-state index contributed by atoms with van der Waals surface area (Å²) in [5.41, 5.74) is 0.0675. The molecule has 7 nitrogen and oxygen atoms in total. The van der Waals surface area contributed by atoms with Crippen molar-refractivity contribution in [2.75, 3.05) is 5.32 Å². The van der Waals surface area contributed by atoms with Gasteiger partial charge in [-0.2, -0.15) is 13.2 Å². The third-order valence-corrected chi connectivity index (χ3v) is 4.23. The summed E-state index contributed by atoms with van der Waals surface area (Å²) >= 11 is 0. The van der Waals surface area contributed by atoms with Gasteiger partial charge in [-0.05, 0) is 32.0 Å². The number of anilines is 2. The second kappa shape index (κ2) is 6.73. The predicted molar refractivity (Wildman–Crippen MR) is 101 cm³/mol. The van der Waals surface area contributed by atoms with Crippen LogP contribution in [0.1, 0.15) is 17.1 Å². The number of aryl methyl sites for hydroxylation is 2. The molecule has 0 radical (unpaired) electrons. The number of benzene rings is 1. The molecule has 0 spiro atoms. The largest absolute Gasteiger partial charge is 0.416 e. The molecule has 0 fully saturated rings. The van der Waals surface area contributed by atoms with E-state index in [1.54, 1.807) is 19.1 Å². The molecule has 3 heterocycles. The van der Waals surface area contributed by atoms with Crippen molar-refractivity contribution in [1.82, 2.24) is 24.7 Å². The molecule has 0 unspecified atom stereocenters. The van der Waals surface area contributed by atoms with Crippen molar-refractivity contribution in [1.29, 1.82) is 0 Å². The van der Waals surface area contributed by atoms with E-state index in [2.05, 4.69) is 25.4 Å². The summed E-state index contributed by atoms with van der Waals surface area (Å²) < 4.78 is 40.5. The van der Waals surface area contributed by atoms with E-state index < -0.39 is 17.3 Å². The second-order valence-corrected chi connectivity index (χ2v) is 6.48. The van der Waals surface area contributed by atoms with Gasteiger partial charge in [0.25, 0.3) is 5.56 Å². The van der Waals surface area contributed by atoms with E-state index in [0.717, 1.165) is 17.8 Å². The molecule has 2 N–H and O–H groups in total. The SMILES string of the molecule is Cc1cc(Nc2cc3c(cn2)c(=O)[nH]n3-c2cccc(C(F)(F)F)c2)nc(C)n1. The van der Waals surface area contributed by atoms with Crippen LogP contribution >= 0.6 is 0 Å². The van der Waals surface area contributed by atoms with Gasteiger partial charge in [-0.25, -0.2) is 15.0 Å². The Hall–Kier alpha value is -3.69. The van der Waals surface area contributed by atoms with E-state index in [1.807, 2.05) is 6.92 Å². The Morgan fingerprint density at radius 1 is 1.07 bits per heavy atom. The van der Waals surface area contributed by atoms with E-state index in [-0.39, 0.29) is 11.1 Å². The van der Waals surface area contributed by atoms with Crippen LogP contribution in [0.25, 0.3) is 16.6 Å². The lowest BCUT2D eigenvalue weighted by Crippen LogP contribution is -2.08. The van der Waals surface area contributed by atoms with Gasteiger partial charge in [-0.3, -0.25) is 14.6 Å². The molecule has 0 bridgehead atoms. The Bertz CT molecular complexity index is 1250. The maximum Gasteiger partial charge on any atom is 0.416 e. The maximum absolute atomic E-state index is 13.1. The lowest BCUT2D eigenvalue weighted by atomic mass is 10.2. The molecule has 0 atom stereocenters. The average Bonchev–Trinajstić information content (AvgIpc) is 2.96. The fourth-order valence-electron chi connectivity index (χ4n) is 3.03. The van der Waals surface area contributed by atoms with Crippen molar-refractivity contribution in [2.45, 2.75) is 20.0 Å². The minimum Gasteiger partial charge on any atom is -0.325 e. The van der Waals surface area contributed by atoms with Crippen molar-refractivity contribution in [3.8, 4) is 5.69 Å². The Kier molecular flexibility index (Phi) is 4.33. The lowest BCUT2D eigenvalue weighted by Gasteiger charge is -2.11. The van der Waals surface area contributed by atoms with Crippen LogP contribution in [0.5, 0.6) is 0 Å². The molecule has 1 aromatic carbocycles. The van der Waals surface area contributed by atoms with Gasteiger partial charge in [0.2, 0.25) is 0 Å². The molecule has 29 heavy (non-hydrogen) atoms. The van der Waals surface area contributed by atoms with Crippen LogP contribution in [0.3, 0.4) is 0 Å². The van der Waals surface area contributed by atoms with Crippen molar-refractivity contribution < 1.29 is 13.2 Å². The molecular formula is C19H15F3N6O. The smallest absolute Gasteiger partial charge is 0.325 e. The highest BCUT2D eigenvalue weighted by Gasteiger charge is 2.30. The second-order valence-electron chi connectivity index (χ2n) is 6.48. The molecule has 3 aromatic heterocycles. The van der Waals surface area contributed by atoms with Crippen LogP contribution in [0.2, 0.25) is 0 Å². The number of fused-ring (bicyclic) bond motifs is 1. The van der Waals surface area contributed by atoms with Crippen LogP contribution in [0.4, 0.5) is 24.8 Å². The molecule has 0 saturated heterocycles. The van der Waals surface area contributed by atoms with Crippen molar-refractivity contribution in [3.63, 3.8) is 0 Å². The first-order valence-corrected chi connectivity index (χ1v) is 8.58. The number of hydrogen-bond acceptors (Lipinski definition) is 5. The zero-order chi connectivity index (χ0) is 20.8. The Morgan fingerprint density at radius 3 is 2.59 bits per heavy atom. The minimum absolute atomic E-state index is 0.179. The Balaban J connectivity index is 1.80. The minimum atomic E-state index is -4.49. The molecule has 4 rings (SSSR count). The zero-order valence-electron chi connectivity index (χ0n) is 15.4. The van der Waals surface area contributed by atoms with E-state index in [4.69, 9.17) is 0 Å². The highest BCUT2D eigenvalue weighted by Crippen LogP contribution is 2.30. The van der Waals surface area contributed by atoms with E-state index in [9.17, 15) is 18.0 Å². The molecule has 0 aliphatic heterocycles.